The van der Waals surface area contributed by atoms with Crippen molar-refractivity contribution >= 4 is 11.8 Å². The smallest absolute Gasteiger partial charge is 0.222 e. The summed E-state index contributed by atoms with van der Waals surface area (Å²) in [5.74, 6) is -0.0613. The molecule has 0 aliphatic rings. The van der Waals surface area contributed by atoms with Gasteiger partial charge >= 0.3 is 0 Å². The zero-order valence-electron chi connectivity index (χ0n) is 13.8. The quantitative estimate of drug-likeness (QED) is 0.717. The van der Waals surface area contributed by atoms with Crippen LogP contribution in [0.1, 0.15) is 45.7 Å². The number of nitrogens with one attached hydrogen (secondary N) is 2. The van der Waals surface area contributed by atoms with Crippen LogP contribution in [0.25, 0.3) is 0 Å². The van der Waals surface area contributed by atoms with Crippen LogP contribution >= 0.6 is 0 Å². The minimum atomic E-state index is -0.450. The lowest BCUT2D eigenvalue weighted by atomic mass is 9.88. The number of nitrogens with two attached hydrogens (primary N) is 1. The zero-order valence-corrected chi connectivity index (χ0v) is 13.8. The van der Waals surface area contributed by atoms with Gasteiger partial charge in [-0.25, -0.2) is 0 Å². The Morgan fingerprint density at radius 2 is 1.82 bits per heavy atom. The van der Waals surface area contributed by atoms with E-state index in [2.05, 4.69) is 10.6 Å². The fraction of sp³-hybridized carbons (Fsp3) is 0.529. The van der Waals surface area contributed by atoms with E-state index >= 15 is 0 Å². The minimum absolute atomic E-state index is 0.121. The Bertz CT molecular complexity index is 502. The van der Waals surface area contributed by atoms with Gasteiger partial charge in [-0.3, -0.25) is 9.59 Å². The fourth-order valence-electron chi connectivity index (χ4n) is 2.17. The Morgan fingerprint density at radius 3 is 2.27 bits per heavy atom. The van der Waals surface area contributed by atoms with Gasteiger partial charge in [0, 0.05) is 13.5 Å². The predicted octanol–water partition coefficient (Wildman–Crippen LogP) is 1.74. The second kappa shape index (κ2) is 7.94. The standard InChI is InChI=1S/C17H27N3O2/c1-12(2)17(4,11-18)20-16(22)10-15(19-13(3)21)14-8-6-5-7-9-14/h5-9,12,15H,10-11,18H2,1-4H3,(H,19,21)(H,20,22). The molecule has 0 bridgehead atoms. The Morgan fingerprint density at radius 1 is 1.23 bits per heavy atom. The fourth-order valence-corrected chi connectivity index (χ4v) is 2.17. The van der Waals surface area contributed by atoms with Crippen molar-refractivity contribution in [1.82, 2.24) is 10.6 Å². The van der Waals surface area contributed by atoms with Gasteiger partial charge in [-0.05, 0) is 18.4 Å². The van der Waals surface area contributed by atoms with Crippen molar-refractivity contribution in [3.05, 3.63) is 35.9 Å². The second-order valence-corrected chi connectivity index (χ2v) is 6.19. The summed E-state index contributed by atoms with van der Waals surface area (Å²) in [6.07, 6.45) is 0.186. The molecule has 1 aromatic rings. The summed E-state index contributed by atoms with van der Waals surface area (Å²) >= 11 is 0. The first-order valence-electron chi connectivity index (χ1n) is 7.61. The molecule has 1 aromatic carbocycles. The number of carbonyl (C=O) groups is 2. The second-order valence-electron chi connectivity index (χ2n) is 6.19. The van der Waals surface area contributed by atoms with Crippen LogP contribution in [0.3, 0.4) is 0 Å². The minimum Gasteiger partial charge on any atom is -0.349 e. The van der Waals surface area contributed by atoms with Gasteiger partial charge in [0.15, 0.2) is 0 Å². The maximum absolute atomic E-state index is 12.4. The molecule has 1 rings (SSSR count). The van der Waals surface area contributed by atoms with Gasteiger partial charge < -0.3 is 16.4 Å². The SMILES string of the molecule is CC(=O)NC(CC(=O)NC(C)(CN)C(C)C)c1ccccc1. The number of rotatable bonds is 7. The van der Waals surface area contributed by atoms with E-state index < -0.39 is 5.54 Å². The van der Waals surface area contributed by atoms with Gasteiger partial charge in [-0.1, -0.05) is 44.2 Å². The van der Waals surface area contributed by atoms with Crippen LogP contribution < -0.4 is 16.4 Å². The molecule has 2 unspecified atom stereocenters. The summed E-state index contributed by atoms with van der Waals surface area (Å²) in [5, 5.41) is 5.83. The molecule has 0 aliphatic carbocycles. The van der Waals surface area contributed by atoms with E-state index in [4.69, 9.17) is 5.73 Å². The molecule has 0 spiro atoms. The Hall–Kier alpha value is -1.88. The molecule has 4 N–H and O–H groups in total. The third-order valence-corrected chi connectivity index (χ3v) is 4.09. The molecule has 5 nitrogen and oxygen atoms in total. The average molecular weight is 305 g/mol. The van der Waals surface area contributed by atoms with E-state index in [0.717, 1.165) is 5.56 Å². The van der Waals surface area contributed by atoms with Crippen LogP contribution in [0.15, 0.2) is 30.3 Å². The average Bonchev–Trinajstić information content (AvgIpc) is 2.46. The first-order valence-corrected chi connectivity index (χ1v) is 7.61. The molecule has 0 radical (unpaired) electrons. The van der Waals surface area contributed by atoms with Gasteiger partial charge in [0.2, 0.25) is 11.8 Å². The molecule has 2 atom stereocenters. The first-order chi connectivity index (χ1) is 10.3. The Labute approximate surface area is 132 Å². The van der Waals surface area contributed by atoms with E-state index in [1.54, 1.807) is 0 Å². The number of carbonyl (C=O) groups excluding carboxylic acids is 2. The molecule has 0 heterocycles. The van der Waals surface area contributed by atoms with Gasteiger partial charge in [0.1, 0.15) is 0 Å². The van der Waals surface area contributed by atoms with E-state index in [0.29, 0.717) is 6.54 Å². The summed E-state index contributed by atoms with van der Waals surface area (Å²) < 4.78 is 0. The number of hydrogen-bond acceptors (Lipinski definition) is 3. The van der Waals surface area contributed by atoms with Crippen molar-refractivity contribution in [3.8, 4) is 0 Å². The number of benzene rings is 1. The molecule has 0 fully saturated rings. The van der Waals surface area contributed by atoms with Crippen molar-refractivity contribution in [2.45, 2.75) is 45.7 Å². The summed E-state index contributed by atoms with van der Waals surface area (Å²) in [5.41, 5.74) is 6.25. The molecule has 5 heteroatoms. The zero-order chi connectivity index (χ0) is 16.8. The van der Waals surface area contributed by atoms with Gasteiger partial charge in [-0.15, -0.1) is 0 Å². The van der Waals surface area contributed by atoms with Crippen LogP contribution in [0.4, 0.5) is 0 Å². The highest BCUT2D eigenvalue weighted by Crippen LogP contribution is 2.19. The van der Waals surface area contributed by atoms with Crippen LogP contribution in [0.5, 0.6) is 0 Å². The molecular formula is C17H27N3O2. The van der Waals surface area contributed by atoms with E-state index in [1.807, 2.05) is 51.1 Å². The maximum atomic E-state index is 12.4. The summed E-state index contributed by atoms with van der Waals surface area (Å²) in [6.45, 7) is 7.80. The van der Waals surface area contributed by atoms with Gasteiger partial charge in [0.25, 0.3) is 0 Å². The predicted molar refractivity (Wildman–Crippen MR) is 88.1 cm³/mol. The summed E-state index contributed by atoms with van der Waals surface area (Å²) in [6, 6.07) is 9.14. The first kappa shape index (κ1) is 18.2. The van der Waals surface area contributed by atoms with Gasteiger partial charge in [-0.2, -0.15) is 0 Å². The summed E-state index contributed by atoms with van der Waals surface area (Å²) in [7, 11) is 0. The van der Waals surface area contributed by atoms with E-state index in [1.165, 1.54) is 6.92 Å². The van der Waals surface area contributed by atoms with E-state index in [9.17, 15) is 9.59 Å². The molecule has 22 heavy (non-hydrogen) atoms. The van der Waals surface area contributed by atoms with Crippen molar-refractivity contribution in [2.24, 2.45) is 11.7 Å². The van der Waals surface area contributed by atoms with Gasteiger partial charge in [0.05, 0.1) is 18.0 Å². The van der Waals surface area contributed by atoms with E-state index in [-0.39, 0.29) is 30.2 Å². The number of amides is 2. The largest absolute Gasteiger partial charge is 0.349 e. The molecule has 0 saturated heterocycles. The van der Waals surface area contributed by atoms with Crippen LogP contribution in [-0.2, 0) is 9.59 Å². The van der Waals surface area contributed by atoms with Crippen LogP contribution in [0, 0.1) is 5.92 Å². The molecular weight excluding hydrogens is 278 g/mol. The third-order valence-electron chi connectivity index (χ3n) is 4.09. The monoisotopic (exact) mass is 305 g/mol. The number of hydrogen-bond donors (Lipinski definition) is 3. The molecule has 0 aromatic heterocycles. The topological polar surface area (TPSA) is 84.2 Å². The molecule has 0 aliphatic heterocycles. The molecule has 122 valence electrons. The van der Waals surface area contributed by atoms with Crippen molar-refractivity contribution < 1.29 is 9.59 Å². The lowest BCUT2D eigenvalue weighted by Crippen LogP contribution is -2.55. The highest BCUT2D eigenvalue weighted by molar-refractivity contribution is 5.79. The maximum Gasteiger partial charge on any atom is 0.222 e. The van der Waals surface area contributed by atoms with Crippen LogP contribution in [-0.4, -0.2) is 23.9 Å². The molecule has 0 saturated carbocycles. The normalized spacial score (nSPS) is 15.0. The van der Waals surface area contributed by atoms with Crippen molar-refractivity contribution in [2.75, 3.05) is 6.54 Å². The highest BCUT2D eigenvalue weighted by Gasteiger charge is 2.29. The Balaban J connectivity index is 2.82. The lowest BCUT2D eigenvalue weighted by Gasteiger charge is -2.34. The third kappa shape index (κ3) is 5.15. The lowest BCUT2D eigenvalue weighted by molar-refractivity contribution is -0.124. The van der Waals surface area contributed by atoms with Crippen molar-refractivity contribution in [1.29, 1.82) is 0 Å². The Kier molecular flexibility index (Phi) is 6.56. The molecule has 2 amide bonds. The van der Waals surface area contributed by atoms with Crippen molar-refractivity contribution in [3.63, 3.8) is 0 Å². The highest BCUT2D eigenvalue weighted by atomic mass is 16.2. The van der Waals surface area contributed by atoms with Crippen LogP contribution in [0.2, 0.25) is 0 Å². The summed E-state index contributed by atoms with van der Waals surface area (Å²) in [4.78, 5) is 23.8.